The van der Waals surface area contributed by atoms with Crippen LogP contribution in [0.5, 0.6) is 11.5 Å². The van der Waals surface area contributed by atoms with Gasteiger partial charge in [0, 0.05) is 18.7 Å². The third-order valence-corrected chi connectivity index (χ3v) is 5.12. The molecule has 2 rings (SSSR count). The van der Waals surface area contributed by atoms with Crippen molar-refractivity contribution in [2.24, 2.45) is 0 Å². The van der Waals surface area contributed by atoms with Crippen LogP contribution in [0, 0.1) is 0 Å². The van der Waals surface area contributed by atoms with Crippen LogP contribution in [0.2, 0.25) is 0 Å². The Bertz CT molecular complexity index is 672. The Morgan fingerprint density at radius 1 is 1.07 bits per heavy atom. The summed E-state index contributed by atoms with van der Waals surface area (Å²) in [5, 5.41) is 5.98. The Balaban J connectivity index is 2.09. The number of hydrogen-bond donors (Lipinski definition) is 2. The number of nitrogens with one attached hydrogen (secondary N) is 2. The minimum atomic E-state index is -0.806. The van der Waals surface area contributed by atoms with Crippen molar-refractivity contribution < 1.29 is 19.1 Å². The molecule has 154 valence electrons. The number of amides is 2. The van der Waals surface area contributed by atoms with Gasteiger partial charge in [0.1, 0.15) is 17.0 Å². The van der Waals surface area contributed by atoms with Crippen LogP contribution in [0.1, 0.15) is 57.4 Å². The Kier molecular flexibility index (Phi) is 8.36. The van der Waals surface area contributed by atoms with E-state index in [-0.39, 0.29) is 11.8 Å². The number of methoxy groups -OCH3 is 2. The predicted molar refractivity (Wildman–Crippen MR) is 110 cm³/mol. The van der Waals surface area contributed by atoms with Crippen LogP contribution in [0.4, 0.5) is 0 Å². The Morgan fingerprint density at radius 2 is 1.71 bits per heavy atom. The summed E-state index contributed by atoms with van der Waals surface area (Å²) in [6.07, 6.45) is 9.46. The Hall–Kier alpha value is -2.50. The molecule has 0 aliphatic heterocycles. The number of unbranched alkanes of at least 4 members (excludes halogenated alkanes) is 1. The summed E-state index contributed by atoms with van der Waals surface area (Å²) >= 11 is 0. The molecule has 0 radical (unpaired) electrons. The Labute approximate surface area is 167 Å². The molecular formula is C22H32N2O4. The van der Waals surface area contributed by atoms with Gasteiger partial charge < -0.3 is 20.1 Å². The van der Waals surface area contributed by atoms with E-state index in [2.05, 4.69) is 17.6 Å². The van der Waals surface area contributed by atoms with E-state index >= 15 is 0 Å². The van der Waals surface area contributed by atoms with E-state index in [0.717, 1.165) is 37.7 Å². The zero-order valence-electron chi connectivity index (χ0n) is 17.2. The molecule has 0 aromatic heterocycles. The number of ether oxygens (including phenoxy) is 2. The smallest absolute Gasteiger partial charge is 0.245 e. The standard InChI is InChI=1S/C22H32N2O4/c1-4-5-13-23-21(26)22(11-7-6-8-12-22)24-20(25)10-9-17-14-18(27-2)16-19(15-17)28-3/h9-10,14-16H,4-8,11-13H2,1-3H3,(H,23,26)(H,24,25)/b10-9+. The van der Waals surface area contributed by atoms with Gasteiger partial charge in [-0.1, -0.05) is 32.6 Å². The van der Waals surface area contributed by atoms with Gasteiger partial charge in [-0.3, -0.25) is 9.59 Å². The molecule has 0 unspecified atom stereocenters. The van der Waals surface area contributed by atoms with Crippen molar-refractivity contribution in [3.63, 3.8) is 0 Å². The minimum absolute atomic E-state index is 0.0644. The highest BCUT2D eigenvalue weighted by Crippen LogP contribution is 2.29. The van der Waals surface area contributed by atoms with E-state index in [1.165, 1.54) is 6.08 Å². The predicted octanol–water partition coefficient (Wildman–Crippen LogP) is 3.45. The summed E-state index contributed by atoms with van der Waals surface area (Å²) in [7, 11) is 3.16. The third-order valence-electron chi connectivity index (χ3n) is 5.12. The van der Waals surface area contributed by atoms with Crippen molar-refractivity contribution in [2.45, 2.75) is 57.4 Å². The number of hydrogen-bond acceptors (Lipinski definition) is 4. The maximum atomic E-state index is 12.8. The highest BCUT2D eigenvalue weighted by Gasteiger charge is 2.40. The van der Waals surface area contributed by atoms with E-state index in [4.69, 9.17) is 9.47 Å². The first-order valence-corrected chi connectivity index (χ1v) is 10.0. The lowest BCUT2D eigenvalue weighted by Gasteiger charge is -2.36. The summed E-state index contributed by atoms with van der Waals surface area (Å²) in [4.78, 5) is 25.4. The molecule has 6 heteroatoms. The van der Waals surface area contributed by atoms with Crippen LogP contribution in [0.3, 0.4) is 0 Å². The highest BCUT2D eigenvalue weighted by molar-refractivity contribution is 5.97. The molecule has 6 nitrogen and oxygen atoms in total. The SMILES string of the molecule is CCCCNC(=O)C1(NC(=O)/C=C/c2cc(OC)cc(OC)c2)CCCCC1. The molecule has 1 aliphatic rings. The van der Waals surface area contributed by atoms with Crippen LogP contribution in [0.15, 0.2) is 24.3 Å². The first-order valence-electron chi connectivity index (χ1n) is 10.0. The van der Waals surface area contributed by atoms with E-state index in [0.29, 0.717) is 30.9 Å². The normalized spacial score (nSPS) is 15.8. The fourth-order valence-corrected chi connectivity index (χ4v) is 3.49. The summed E-state index contributed by atoms with van der Waals surface area (Å²) < 4.78 is 10.5. The van der Waals surface area contributed by atoms with Crippen molar-refractivity contribution in [2.75, 3.05) is 20.8 Å². The van der Waals surface area contributed by atoms with E-state index in [9.17, 15) is 9.59 Å². The van der Waals surface area contributed by atoms with Crippen LogP contribution >= 0.6 is 0 Å². The molecule has 28 heavy (non-hydrogen) atoms. The second kappa shape index (κ2) is 10.7. The van der Waals surface area contributed by atoms with Gasteiger partial charge in [0.2, 0.25) is 11.8 Å². The van der Waals surface area contributed by atoms with Crippen LogP contribution in [-0.2, 0) is 9.59 Å². The van der Waals surface area contributed by atoms with E-state index in [1.54, 1.807) is 26.4 Å². The average Bonchev–Trinajstić information content (AvgIpc) is 2.72. The maximum absolute atomic E-state index is 12.8. The fourth-order valence-electron chi connectivity index (χ4n) is 3.49. The molecule has 0 bridgehead atoms. The maximum Gasteiger partial charge on any atom is 0.245 e. The monoisotopic (exact) mass is 388 g/mol. The van der Waals surface area contributed by atoms with Gasteiger partial charge in [-0.2, -0.15) is 0 Å². The lowest BCUT2D eigenvalue weighted by molar-refractivity contribution is -0.133. The van der Waals surface area contributed by atoms with Gasteiger partial charge >= 0.3 is 0 Å². The van der Waals surface area contributed by atoms with Crippen LogP contribution in [0.25, 0.3) is 6.08 Å². The number of benzene rings is 1. The largest absolute Gasteiger partial charge is 0.497 e. The zero-order valence-corrected chi connectivity index (χ0v) is 17.2. The fraction of sp³-hybridized carbons (Fsp3) is 0.545. The van der Waals surface area contributed by atoms with Crippen molar-refractivity contribution >= 4 is 17.9 Å². The first kappa shape index (κ1) is 21.8. The van der Waals surface area contributed by atoms with E-state index in [1.807, 2.05) is 12.1 Å². The molecule has 1 aliphatic carbocycles. The summed E-state index contributed by atoms with van der Waals surface area (Å²) in [5.41, 5.74) is -0.0177. The van der Waals surface area contributed by atoms with Gasteiger partial charge in [0.05, 0.1) is 14.2 Å². The first-order chi connectivity index (χ1) is 13.5. The molecule has 1 aromatic carbocycles. The van der Waals surface area contributed by atoms with Crippen molar-refractivity contribution in [3.8, 4) is 11.5 Å². The summed E-state index contributed by atoms with van der Waals surface area (Å²) in [5.74, 6) is 0.969. The second-order valence-corrected chi connectivity index (χ2v) is 7.22. The van der Waals surface area contributed by atoms with Crippen LogP contribution in [-0.4, -0.2) is 38.1 Å². The molecule has 0 atom stereocenters. The van der Waals surface area contributed by atoms with Gasteiger partial charge in [-0.15, -0.1) is 0 Å². The zero-order chi connectivity index (χ0) is 20.4. The Morgan fingerprint density at radius 3 is 2.29 bits per heavy atom. The quantitative estimate of drug-likeness (QED) is 0.502. The lowest BCUT2D eigenvalue weighted by Crippen LogP contribution is -2.59. The van der Waals surface area contributed by atoms with Crippen molar-refractivity contribution in [3.05, 3.63) is 29.8 Å². The van der Waals surface area contributed by atoms with Crippen molar-refractivity contribution in [1.82, 2.24) is 10.6 Å². The summed E-state index contributed by atoms with van der Waals surface area (Å²) in [6.45, 7) is 2.73. The van der Waals surface area contributed by atoms with Gasteiger partial charge in [0.15, 0.2) is 0 Å². The molecule has 2 amide bonds. The lowest BCUT2D eigenvalue weighted by atomic mass is 9.80. The second-order valence-electron chi connectivity index (χ2n) is 7.22. The van der Waals surface area contributed by atoms with Crippen molar-refractivity contribution in [1.29, 1.82) is 0 Å². The van der Waals surface area contributed by atoms with Gasteiger partial charge in [-0.05, 0) is 43.0 Å². The highest BCUT2D eigenvalue weighted by atomic mass is 16.5. The molecule has 0 spiro atoms. The summed E-state index contributed by atoms with van der Waals surface area (Å²) in [6, 6.07) is 5.41. The molecule has 1 aromatic rings. The molecule has 1 saturated carbocycles. The molecule has 0 saturated heterocycles. The molecule has 0 heterocycles. The van der Waals surface area contributed by atoms with E-state index < -0.39 is 5.54 Å². The number of carbonyl (C=O) groups excluding carboxylic acids is 2. The van der Waals surface area contributed by atoms with Gasteiger partial charge in [0.25, 0.3) is 0 Å². The molecular weight excluding hydrogens is 356 g/mol. The number of rotatable bonds is 9. The topological polar surface area (TPSA) is 76.7 Å². The molecule has 1 fully saturated rings. The third kappa shape index (κ3) is 6.01. The van der Waals surface area contributed by atoms with Crippen LogP contribution < -0.4 is 20.1 Å². The number of carbonyl (C=O) groups is 2. The van der Waals surface area contributed by atoms with Gasteiger partial charge in [-0.25, -0.2) is 0 Å². The average molecular weight is 389 g/mol. The minimum Gasteiger partial charge on any atom is -0.497 e. The molecule has 2 N–H and O–H groups in total.